The number of nitrogens with zero attached hydrogens (tertiary/aromatic N) is 1. The Kier molecular flexibility index (Phi) is 2.04. The third kappa shape index (κ3) is 1.73. The molecule has 2 rings (SSSR count). The minimum Gasteiger partial charge on any atom is -0.358 e. The lowest BCUT2D eigenvalue weighted by atomic mass is 9.92. The highest BCUT2D eigenvalue weighted by molar-refractivity contribution is 5.84. The van der Waals surface area contributed by atoms with Gasteiger partial charge in [0.25, 0.3) is 0 Å². The lowest BCUT2D eigenvalue weighted by Crippen LogP contribution is -2.10. The Morgan fingerprint density at radius 2 is 1.93 bits per heavy atom. The van der Waals surface area contributed by atoms with Crippen LogP contribution in [0.2, 0.25) is 0 Å². The number of rotatable bonds is 0. The molecule has 2 heteroatoms. The SMILES string of the molecule is [C-]#[N+]c1ccc2[nH]c(C(C)(C)C)cc2c1. The monoisotopic (exact) mass is 198 g/mol. The predicted octanol–water partition coefficient (Wildman–Crippen LogP) is 4.02. The molecule has 0 aliphatic heterocycles. The normalized spacial score (nSPS) is 11.6. The fourth-order valence-corrected chi connectivity index (χ4v) is 1.59. The zero-order valence-electron chi connectivity index (χ0n) is 9.26. The molecule has 15 heavy (non-hydrogen) atoms. The smallest absolute Gasteiger partial charge is 0.187 e. The molecule has 1 heterocycles. The van der Waals surface area contributed by atoms with E-state index < -0.39 is 0 Å². The van der Waals surface area contributed by atoms with Crippen LogP contribution >= 0.6 is 0 Å². The van der Waals surface area contributed by atoms with Gasteiger partial charge in [-0.1, -0.05) is 26.8 Å². The van der Waals surface area contributed by atoms with E-state index in [9.17, 15) is 0 Å². The topological polar surface area (TPSA) is 20.1 Å². The fraction of sp³-hybridized carbons (Fsp3) is 0.308. The van der Waals surface area contributed by atoms with Crippen molar-refractivity contribution in [2.45, 2.75) is 26.2 Å². The van der Waals surface area contributed by atoms with E-state index in [2.05, 4.69) is 36.7 Å². The molecule has 0 unspecified atom stereocenters. The van der Waals surface area contributed by atoms with Crippen molar-refractivity contribution in [2.24, 2.45) is 0 Å². The predicted molar refractivity (Wildman–Crippen MR) is 63.3 cm³/mol. The molecular weight excluding hydrogens is 184 g/mol. The van der Waals surface area contributed by atoms with Crippen LogP contribution in [0, 0.1) is 6.57 Å². The van der Waals surface area contributed by atoms with E-state index in [-0.39, 0.29) is 5.41 Å². The number of hydrogen-bond acceptors (Lipinski definition) is 0. The highest BCUT2D eigenvalue weighted by Gasteiger charge is 2.15. The quantitative estimate of drug-likeness (QED) is 0.617. The summed E-state index contributed by atoms with van der Waals surface area (Å²) in [4.78, 5) is 6.81. The average Bonchev–Trinajstić information content (AvgIpc) is 2.59. The molecule has 0 bridgehead atoms. The Balaban J connectivity index is 2.62. The van der Waals surface area contributed by atoms with E-state index in [0.29, 0.717) is 5.69 Å². The lowest BCUT2D eigenvalue weighted by Gasteiger charge is -2.15. The van der Waals surface area contributed by atoms with Crippen LogP contribution < -0.4 is 0 Å². The highest BCUT2D eigenvalue weighted by atomic mass is 14.7. The summed E-state index contributed by atoms with van der Waals surface area (Å²) in [6.07, 6.45) is 0. The third-order valence-electron chi connectivity index (χ3n) is 2.54. The number of aromatic nitrogens is 1. The van der Waals surface area contributed by atoms with Gasteiger partial charge in [-0.3, -0.25) is 0 Å². The molecule has 0 spiro atoms. The van der Waals surface area contributed by atoms with Crippen LogP contribution in [0.25, 0.3) is 15.7 Å². The van der Waals surface area contributed by atoms with Gasteiger partial charge in [-0.2, -0.15) is 0 Å². The second kappa shape index (κ2) is 3.13. The average molecular weight is 198 g/mol. The maximum atomic E-state index is 6.96. The molecule has 2 nitrogen and oxygen atoms in total. The summed E-state index contributed by atoms with van der Waals surface area (Å²) >= 11 is 0. The first-order chi connectivity index (χ1) is 7.00. The van der Waals surface area contributed by atoms with E-state index >= 15 is 0 Å². The largest absolute Gasteiger partial charge is 0.358 e. The van der Waals surface area contributed by atoms with Crippen molar-refractivity contribution in [2.75, 3.05) is 0 Å². The molecule has 76 valence electrons. The van der Waals surface area contributed by atoms with Crippen LogP contribution in [-0.4, -0.2) is 4.98 Å². The second-order valence-electron chi connectivity index (χ2n) is 4.82. The molecule has 0 amide bonds. The van der Waals surface area contributed by atoms with Gasteiger partial charge in [0.1, 0.15) is 0 Å². The first kappa shape index (κ1) is 9.79. The van der Waals surface area contributed by atoms with Crippen molar-refractivity contribution in [1.29, 1.82) is 0 Å². The first-order valence-corrected chi connectivity index (χ1v) is 5.01. The van der Waals surface area contributed by atoms with Crippen LogP contribution in [-0.2, 0) is 5.41 Å². The van der Waals surface area contributed by atoms with E-state index in [0.717, 1.165) is 10.9 Å². The Hall–Kier alpha value is -1.75. The number of H-pyrrole nitrogens is 1. The van der Waals surface area contributed by atoms with E-state index in [1.54, 1.807) is 0 Å². The summed E-state index contributed by atoms with van der Waals surface area (Å²) < 4.78 is 0. The molecule has 1 aromatic heterocycles. The molecule has 0 radical (unpaired) electrons. The van der Waals surface area contributed by atoms with Gasteiger partial charge < -0.3 is 4.98 Å². The molecular formula is C13H14N2. The summed E-state index contributed by atoms with van der Waals surface area (Å²) in [6, 6.07) is 7.87. The van der Waals surface area contributed by atoms with Gasteiger partial charge in [0, 0.05) is 16.6 Å². The first-order valence-electron chi connectivity index (χ1n) is 5.01. The van der Waals surface area contributed by atoms with Crippen molar-refractivity contribution in [1.82, 2.24) is 4.98 Å². The molecule has 0 aliphatic carbocycles. The standard InChI is InChI=1S/C13H14N2/c1-13(2,3)12-8-9-7-10(14-4)5-6-11(9)15-12/h5-8,15H,1-3H3. The maximum absolute atomic E-state index is 6.96. The van der Waals surface area contributed by atoms with Crippen molar-refractivity contribution in [3.05, 3.63) is 41.4 Å². The molecule has 0 saturated carbocycles. The van der Waals surface area contributed by atoms with E-state index in [4.69, 9.17) is 6.57 Å². The third-order valence-corrected chi connectivity index (χ3v) is 2.54. The summed E-state index contributed by atoms with van der Waals surface area (Å²) in [6.45, 7) is 13.5. The molecule has 0 fully saturated rings. The molecule has 1 N–H and O–H groups in total. The van der Waals surface area contributed by atoms with Crippen molar-refractivity contribution in [3.63, 3.8) is 0 Å². The zero-order chi connectivity index (χ0) is 11.1. The summed E-state index contributed by atoms with van der Waals surface area (Å²) in [5.41, 5.74) is 3.13. The van der Waals surface area contributed by atoms with Gasteiger partial charge in [0.2, 0.25) is 0 Å². The Morgan fingerprint density at radius 1 is 1.20 bits per heavy atom. The number of fused-ring (bicyclic) bond motifs is 1. The van der Waals surface area contributed by atoms with Gasteiger partial charge in [0.15, 0.2) is 5.69 Å². The second-order valence-corrected chi connectivity index (χ2v) is 4.82. The molecule has 1 aromatic carbocycles. The Morgan fingerprint density at radius 3 is 2.53 bits per heavy atom. The number of aromatic amines is 1. The minimum absolute atomic E-state index is 0.122. The number of benzene rings is 1. The van der Waals surface area contributed by atoms with Gasteiger partial charge in [-0.05, 0) is 23.6 Å². The fourth-order valence-electron chi connectivity index (χ4n) is 1.59. The van der Waals surface area contributed by atoms with Crippen LogP contribution in [0.4, 0.5) is 5.69 Å². The van der Waals surface area contributed by atoms with Crippen LogP contribution in [0.15, 0.2) is 24.3 Å². The number of nitrogens with one attached hydrogen (secondary N) is 1. The van der Waals surface area contributed by atoms with Gasteiger partial charge in [-0.15, -0.1) is 0 Å². The van der Waals surface area contributed by atoms with Crippen LogP contribution in [0.3, 0.4) is 0 Å². The number of hydrogen-bond donors (Lipinski definition) is 1. The maximum Gasteiger partial charge on any atom is 0.187 e. The summed E-state index contributed by atoms with van der Waals surface area (Å²) in [5, 5.41) is 1.12. The summed E-state index contributed by atoms with van der Waals surface area (Å²) in [7, 11) is 0. The Bertz CT molecular complexity index is 536. The van der Waals surface area contributed by atoms with Gasteiger partial charge in [-0.25, -0.2) is 4.85 Å². The van der Waals surface area contributed by atoms with E-state index in [1.165, 1.54) is 5.69 Å². The highest BCUT2D eigenvalue weighted by Crippen LogP contribution is 2.27. The van der Waals surface area contributed by atoms with Crippen LogP contribution in [0.1, 0.15) is 26.5 Å². The molecule has 0 saturated heterocycles. The molecule has 0 aliphatic rings. The molecule has 0 atom stereocenters. The summed E-state index contributed by atoms with van der Waals surface area (Å²) in [5.74, 6) is 0. The van der Waals surface area contributed by atoms with Crippen molar-refractivity contribution in [3.8, 4) is 0 Å². The van der Waals surface area contributed by atoms with Gasteiger partial charge >= 0.3 is 0 Å². The van der Waals surface area contributed by atoms with E-state index in [1.807, 2.05) is 18.2 Å². The minimum atomic E-state index is 0.122. The van der Waals surface area contributed by atoms with Crippen molar-refractivity contribution < 1.29 is 0 Å². The van der Waals surface area contributed by atoms with Crippen LogP contribution in [0.5, 0.6) is 0 Å². The van der Waals surface area contributed by atoms with Crippen molar-refractivity contribution >= 4 is 16.6 Å². The van der Waals surface area contributed by atoms with Gasteiger partial charge in [0.05, 0.1) is 6.57 Å². The lowest BCUT2D eigenvalue weighted by molar-refractivity contribution is 0.574. The zero-order valence-corrected chi connectivity index (χ0v) is 9.26. The molecule has 2 aromatic rings. The Labute approximate surface area is 89.7 Å².